The number of methoxy groups -OCH3 is 2. The fourth-order valence-electron chi connectivity index (χ4n) is 6.15. The quantitative estimate of drug-likeness (QED) is 0.114. The van der Waals surface area contributed by atoms with E-state index in [1.165, 1.54) is 7.11 Å². The smallest absolute Gasteiger partial charge is 0.339 e. The van der Waals surface area contributed by atoms with Crippen molar-refractivity contribution in [3.63, 3.8) is 0 Å². The maximum atomic E-state index is 13.7. The molecule has 246 valence electrons. The Morgan fingerprint density at radius 3 is 2.37 bits per heavy atom. The zero-order valence-electron chi connectivity index (χ0n) is 29.0. The number of aryl methyl sites for hydroxylation is 2. The van der Waals surface area contributed by atoms with Crippen LogP contribution < -0.4 is 14.4 Å². The molecule has 0 saturated carbocycles. The Morgan fingerprint density at radius 2 is 1.74 bits per heavy atom. The normalized spacial score (nSPS) is 13.8. The van der Waals surface area contributed by atoms with Gasteiger partial charge in [-0.2, -0.15) is 0 Å². The van der Waals surface area contributed by atoms with Crippen LogP contribution in [0.4, 0.5) is 11.6 Å². The van der Waals surface area contributed by atoms with E-state index < -0.39 is 20.1 Å². The first-order chi connectivity index (χ1) is 21.8. The summed E-state index contributed by atoms with van der Waals surface area (Å²) in [5.74, 6) is 1.73. The maximum Gasteiger partial charge on any atom is 0.339 e. The van der Waals surface area contributed by atoms with E-state index in [4.69, 9.17) is 18.9 Å². The Labute approximate surface area is 273 Å². The first-order valence-electron chi connectivity index (χ1n) is 16.1. The molecule has 3 heterocycles. The molecule has 4 aromatic rings. The Hall–Kier alpha value is -3.89. The molecule has 10 heteroatoms. The van der Waals surface area contributed by atoms with Crippen molar-refractivity contribution >= 4 is 36.6 Å². The molecule has 0 saturated heterocycles. The molecule has 0 fully saturated rings. The Morgan fingerprint density at radius 1 is 1.02 bits per heavy atom. The van der Waals surface area contributed by atoms with Crippen molar-refractivity contribution in [2.45, 2.75) is 73.0 Å². The van der Waals surface area contributed by atoms with Crippen LogP contribution in [0.3, 0.4) is 0 Å². The number of hydrogen-bond acceptors (Lipinski definition) is 8. The Balaban J connectivity index is 1.84. The molecule has 1 atom stereocenters. The number of esters is 1. The summed E-state index contributed by atoms with van der Waals surface area (Å²) in [4.78, 5) is 25.2. The van der Waals surface area contributed by atoms with Gasteiger partial charge in [0.25, 0.3) is 0 Å². The molecular weight excluding hydrogens is 597 g/mol. The van der Waals surface area contributed by atoms with E-state index in [1.807, 2.05) is 0 Å². The predicted molar refractivity (Wildman–Crippen MR) is 186 cm³/mol. The van der Waals surface area contributed by atoms with Crippen molar-refractivity contribution in [2.75, 3.05) is 38.9 Å². The summed E-state index contributed by atoms with van der Waals surface area (Å²) in [5, 5.41) is 1.02. The second-order valence-corrected chi connectivity index (χ2v) is 19.4. The van der Waals surface area contributed by atoms with Crippen molar-refractivity contribution in [3.05, 3.63) is 59.0 Å². The first-order valence-corrected chi connectivity index (χ1v) is 19.8. The highest BCUT2D eigenvalue weighted by molar-refractivity contribution is 6.76. The molecule has 0 spiro atoms. The molecule has 1 aliphatic rings. The van der Waals surface area contributed by atoms with Crippen LogP contribution in [-0.4, -0.2) is 62.6 Å². The highest BCUT2D eigenvalue weighted by Gasteiger charge is 2.36. The highest BCUT2D eigenvalue weighted by atomic mass is 28.3. The molecule has 0 amide bonds. The van der Waals surface area contributed by atoms with Crippen molar-refractivity contribution < 1.29 is 23.7 Å². The SMILES string of the molecule is COC(=O)[C@@H](OCC(C)C)c1c(C)c2c3c(cc(C)n3CCN2c2ncc(OC)cn2)c1-c1ccc(C)cc1OCC[Si](C)(C)C. The molecule has 0 aliphatic carbocycles. The maximum absolute atomic E-state index is 13.7. The van der Waals surface area contributed by atoms with Gasteiger partial charge in [0.2, 0.25) is 5.95 Å². The molecule has 2 aromatic carbocycles. The van der Waals surface area contributed by atoms with Gasteiger partial charge in [0.15, 0.2) is 11.9 Å². The molecule has 2 aromatic heterocycles. The molecule has 0 N–H and O–H groups in total. The van der Waals surface area contributed by atoms with Gasteiger partial charge in [-0.05, 0) is 56.0 Å². The molecule has 46 heavy (non-hydrogen) atoms. The average molecular weight is 645 g/mol. The van der Waals surface area contributed by atoms with Gasteiger partial charge in [-0.3, -0.25) is 0 Å². The molecule has 0 bridgehead atoms. The fraction of sp³-hybridized carbons (Fsp3) is 0.472. The third-order valence-electron chi connectivity index (χ3n) is 8.52. The molecule has 5 rings (SSSR count). The van der Waals surface area contributed by atoms with E-state index in [0.717, 1.165) is 68.4 Å². The third-order valence-corrected chi connectivity index (χ3v) is 10.2. The van der Waals surface area contributed by atoms with E-state index in [0.29, 0.717) is 31.5 Å². The van der Waals surface area contributed by atoms with Crippen LogP contribution >= 0.6 is 0 Å². The minimum Gasteiger partial charge on any atom is -0.494 e. The number of nitrogens with zero attached hydrogens (tertiary/aromatic N) is 4. The van der Waals surface area contributed by atoms with Crippen LogP contribution in [0.2, 0.25) is 25.7 Å². The zero-order chi connectivity index (χ0) is 33.3. The predicted octanol–water partition coefficient (Wildman–Crippen LogP) is 7.79. The summed E-state index contributed by atoms with van der Waals surface area (Å²) in [6, 6.07) is 9.59. The Kier molecular flexibility index (Phi) is 9.79. The monoisotopic (exact) mass is 644 g/mol. The second-order valence-electron chi connectivity index (χ2n) is 13.8. The van der Waals surface area contributed by atoms with Gasteiger partial charge in [0.1, 0.15) is 5.75 Å². The van der Waals surface area contributed by atoms with Crippen LogP contribution in [0, 0.1) is 26.7 Å². The second kappa shape index (κ2) is 13.5. The lowest BCUT2D eigenvalue weighted by Gasteiger charge is -2.34. The van der Waals surface area contributed by atoms with E-state index in [1.54, 1.807) is 19.5 Å². The number of hydrogen-bond donors (Lipinski definition) is 0. The van der Waals surface area contributed by atoms with Gasteiger partial charge >= 0.3 is 5.97 Å². The average Bonchev–Trinajstić information content (AvgIpc) is 3.35. The summed E-state index contributed by atoms with van der Waals surface area (Å²) in [5.41, 5.74) is 7.81. The highest BCUT2D eigenvalue weighted by Crippen LogP contribution is 2.50. The van der Waals surface area contributed by atoms with Crippen molar-refractivity contribution in [2.24, 2.45) is 5.92 Å². The minimum atomic E-state index is -1.33. The summed E-state index contributed by atoms with van der Waals surface area (Å²) >= 11 is 0. The largest absolute Gasteiger partial charge is 0.494 e. The van der Waals surface area contributed by atoms with Gasteiger partial charge in [0, 0.05) is 48.9 Å². The van der Waals surface area contributed by atoms with Gasteiger partial charge in [-0.25, -0.2) is 14.8 Å². The molecular formula is C36H48N4O5Si. The summed E-state index contributed by atoms with van der Waals surface area (Å²) < 4.78 is 26.2. The number of carbonyl (C=O) groups is 1. The fourth-order valence-corrected chi connectivity index (χ4v) is 6.86. The van der Waals surface area contributed by atoms with E-state index in [2.05, 4.69) is 98.0 Å². The molecule has 0 radical (unpaired) electrons. The lowest BCUT2D eigenvalue weighted by Crippen LogP contribution is -2.31. The summed E-state index contributed by atoms with van der Waals surface area (Å²) in [6.45, 7) is 19.9. The molecule has 0 unspecified atom stereocenters. The molecule has 1 aliphatic heterocycles. The molecule has 9 nitrogen and oxygen atoms in total. The summed E-state index contributed by atoms with van der Waals surface area (Å²) in [7, 11) is 1.69. The number of carbonyl (C=O) groups excluding carboxylic acids is 1. The standard InChI is InChI=1S/C36H48N4O5Si/c1-22(2)21-45-34(35(41)43-7)30-25(5)32-33-28(31(30)27-12-11-23(3)17-29(27)44-15-16-46(8,9)10)18-24(4)39(33)13-14-40(32)36-37-19-26(42-6)20-38-36/h11-12,17-20,22,34H,13-16,21H2,1-10H3/t34-/m0/s1. The van der Waals surface area contributed by atoms with Crippen molar-refractivity contribution in [1.82, 2.24) is 14.5 Å². The first kappa shape index (κ1) is 33.5. The van der Waals surface area contributed by atoms with Crippen LogP contribution in [-0.2, 0) is 20.8 Å². The van der Waals surface area contributed by atoms with Crippen LogP contribution in [0.25, 0.3) is 22.0 Å². The lowest BCUT2D eigenvalue weighted by molar-refractivity contribution is -0.155. The van der Waals surface area contributed by atoms with Gasteiger partial charge in [-0.1, -0.05) is 45.6 Å². The van der Waals surface area contributed by atoms with Gasteiger partial charge in [0.05, 0.1) is 51.0 Å². The van der Waals surface area contributed by atoms with E-state index >= 15 is 0 Å². The van der Waals surface area contributed by atoms with Crippen LogP contribution in [0.1, 0.15) is 42.3 Å². The topological polar surface area (TPSA) is 87.9 Å². The number of ether oxygens (including phenoxy) is 4. The zero-order valence-corrected chi connectivity index (χ0v) is 30.0. The number of rotatable bonds is 12. The van der Waals surface area contributed by atoms with Crippen LogP contribution in [0.15, 0.2) is 36.7 Å². The number of aromatic nitrogens is 3. The van der Waals surface area contributed by atoms with Crippen LogP contribution in [0.5, 0.6) is 11.5 Å². The number of benzene rings is 2. The van der Waals surface area contributed by atoms with Gasteiger partial charge < -0.3 is 28.4 Å². The van der Waals surface area contributed by atoms with E-state index in [-0.39, 0.29) is 5.92 Å². The van der Waals surface area contributed by atoms with Gasteiger partial charge in [-0.15, -0.1) is 0 Å². The lowest BCUT2D eigenvalue weighted by atomic mass is 9.86. The van der Waals surface area contributed by atoms with Crippen molar-refractivity contribution in [1.29, 1.82) is 0 Å². The minimum absolute atomic E-state index is 0.213. The summed E-state index contributed by atoms with van der Waals surface area (Å²) in [6.07, 6.45) is 2.41. The number of anilines is 2. The van der Waals surface area contributed by atoms with E-state index in [9.17, 15) is 4.79 Å². The Bertz CT molecular complexity index is 1730. The van der Waals surface area contributed by atoms with Crippen molar-refractivity contribution in [3.8, 4) is 22.6 Å². The third kappa shape index (κ3) is 6.64.